The Morgan fingerprint density at radius 3 is 2.39 bits per heavy atom. The van der Waals surface area contributed by atoms with Crippen molar-refractivity contribution in [2.75, 3.05) is 6.54 Å². The van der Waals surface area contributed by atoms with Gasteiger partial charge in [0.25, 0.3) is 0 Å². The van der Waals surface area contributed by atoms with E-state index in [4.69, 9.17) is 0 Å². The summed E-state index contributed by atoms with van der Waals surface area (Å²) in [5.74, 6) is 3.76. The Bertz CT molecular complexity index is 743. The molecule has 8 heteroatoms. The van der Waals surface area contributed by atoms with Crippen molar-refractivity contribution in [2.24, 2.45) is 5.16 Å². The monoisotopic (exact) mass is 398 g/mol. The maximum Gasteiger partial charge on any atom is 0.471 e. The Kier molecular flexibility index (Phi) is 9.00. The number of oxime groups is 1. The van der Waals surface area contributed by atoms with E-state index >= 15 is 0 Å². The van der Waals surface area contributed by atoms with E-state index in [0.29, 0.717) is 24.0 Å². The summed E-state index contributed by atoms with van der Waals surface area (Å²) in [5.41, 5.74) is 0.0760. The molecule has 1 aromatic carbocycles. The Labute approximate surface area is 162 Å². The minimum Gasteiger partial charge on any atom is -0.411 e. The summed E-state index contributed by atoms with van der Waals surface area (Å²) >= 11 is 0. The molecule has 0 atom stereocenters. The van der Waals surface area contributed by atoms with Gasteiger partial charge in [-0.25, -0.2) is 0 Å². The first-order valence-electron chi connectivity index (χ1n) is 9.07. The van der Waals surface area contributed by atoms with Crippen LogP contribution in [0.4, 0.5) is 13.2 Å². The molecule has 0 aliphatic carbocycles. The molecule has 0 radical (unpaired) electrons. The number of hydrogen-bond donors (Lipinski definition) is 3. The highest BCUT2D eigenvalue weighted by Gasteiger charge is 2.38. The number of nitrogens with zero attached hydrogens (tertiary/aromatic N) is 1. The van der Waals surface area contributed by atoms with Crippen molar-refractivity contribution >= 4 is 11.6 Å². The normalized spacial score (nSPS) is 12.3. The molecule has 0 fully saturated rings. The molecule has 0 heterocycles. The molecule has 0 aromatic heterocycles. The lowest BCUT2D eigenvalue weighted by atomic mass is 9.93. The van der Waals surface area contributed by atoms with Crippen LogP contribution in [0, 0.1) is 11.8 Å². The van der Waals surface area contributed by atoms with Crippen molar-refractivity contribution in [2.45, 2.75) is 57.7 Å². The van der Waals surface area contributed by atoms with Gasteiger partial charge in [-0.15, -0.1) is 0 Å². The maximum atomic E-state index is 12.2. The molecule has 0 bridgehead atoms. The van der Waals surface area contributed by atoms with Gasteiger partial charge >= 0.3 is 12.1 Å². The summed E-state index contributed by atoms with van der Waals surface area (Å²) in [6.45, 7) is 3.59. The van der Waals surface area contributed by atoms with Crippen LogP contribution in [0.25, 0.3) is 0 Å². The minimum atomic E-state index is -4.96. The Morgan fingerprint density at radius 1 is 1.21 bits per heavy atom. The van der Waals surface area contributed by atoms with Crippen molar-refractivity contribution in [1.82, 2.24) is 5.32 Å². The second-order valence-electron chi connectivity index (χ2n) is 6.41. The Morgan fingerprint density at radius 2 is 1.86 bits per heavy atom. The highest BCUT2D eigenvalue weighted by Crippen LogP contribution is 2.19. The van der Waals surface area contributed by atoms with Gasteiger partial charge in [-0.2, -0.15) is 13.2 Å². The fourth-order valence-corrected chi connectivity index (χ4v) is 2.69. The molecule has 1 rings (SSSR count). The van der Waals surface area contributed by atoms with E-state index in [1.54, 1.807) is 29.6 Å². The molecule has 0 unspecified atom stereocenters. The van der Waals surface area contributed by atoms with Crippen LogP contribution < -0.4 is 5.32 Å². The van der Waals surface area contributed by atoms with Crippen LogP contribution in [0.2, 0.25) is 0 Å². The largest absolute Gasteiger partial charge is 0.471 e. The molecule has 1 amide bonds. The van der Waals surface area contributed by atoms with Gasteiger partial charge < -0.3 is 15.6 Å². The molecule has 0 aliphatic heterocycles. The summed E-state index contributed by atoms with van der Waals surface area (Å²) in [6.07, 6.45) is -2.37. The third kappa shape index (κ3) is 7.61. The highest BCUT2D eigenvalue weighted by atomic mass is 19.4. The molecular formula is C20H25F3N2O3. The zero-order valence-electron chi connectivity index (χ0n) is 15.9. The third-order valence-corrected chi connectivity index (χ3v) is 3.99. The molecule has 1 aromatic rings. The number of carbonyl (C=O) groups excluding carboxylic acids is 1. The van der Waals surface area contributed by atoms with Gasteiger partial charge in [0.15, 0.2) is 0 Å². The number of benzene rings is 1. The summed E-state index contributed by atoms with van der Waals surface area (Å²) < 4.78 is 36.6. The van der Waals surface area contributed by atoms with E-state index in [0.717, 1.165) is 12.8 Å². The summed E-state index contributed by atoms with van der Waals surface area (Å²) in [5, 5.41) is 24.6. The fourth-order valence-electron chi connectivity index (χ4n) is 2.69. The molecule has 5 nitrogen and oxygen atoms in total. The lowest BCUT2D eigenvalue weighted by molar-refractivity contribution is -0.173. The van der Waals surface area contributed by atoms with Crippen molar-refractivity contribution in [3.63, 3.8) is 0 Å². The molecule has 154 valence electrons. The quantitative estimate of drug-likeness (QED) is 0.271. The highest BCUT2D eigenvalue weighted by molar-refractivity contribution is 6.00. The maximum absolute atomic E-state index is 12.2. The van der Waals surface area contributed by atoms with Crippen LogP contribution in [-0.2, 0) is 4.79 Å². The van der Waals surface area contributed by atoms with Crippen LogP contribution in [0.5, 0.6) is 0 Å². The van der Waals surface area contributed by atoms with Crippen molar-refractivity contribution in [3.8, 4) is 11.8 Å². The van der Waals surface area contributed by atoms with E-state index in [-0.39, 0.29) is 18.7 Å². The van der Waals surface area contributed by atoms with Gasteiger partial charge in [0.2, 0.25) is 0 Å². The second kappa shape index (κ2) is 10.7. The first kappa shape index (κ1) is 23.5. The molecule has 0 saturated carbocycles. The summed E-state index contributed by atoms with van der Waals surface area (Å²) in [6, 6.07) is 6.62. The average Bonchev–Trinajstić information content (AvgIpc) is 2.63. The van der Waals surface area contributed by atoms with Crippen LogP contribution in [-0.4, -0.2) is 40.3 Å². The number of aliphatic hydroxyl groups is 1. The smallest absolute Gasteiger partial charge is 0.411 e. The molecule has 28 heavy (non-hydrogen) atoms. The van der Waals surface area contributed by atoms with Gasteiger partial charge in [0.05, 0.1) is 5.71 Å². The van der Waals surface area contributed by atoms with Gasteiger partial charge in [0, 0.05) is 24.1 Å². The number of halogens is 3. The zero-order valence-corrected chi connectivity index (χ0v) is 15.9. The Hall–Kier alpha value is -2.53. The first-order chi connectivity index (χ1) is 13.1. The Balaban J connectivity index is 2.88. The van der Waals surface area contributed by atoms with Crippen molar-refractivity contribution in [1.29, 1.82) is 0 Å². The predicted molar refractivity (Wildman–Crippen MR) is 100 cm³/mol. The van der Waals surface area contributed by atoms with Crippen LogP contribution >= 0.6 is 0 Å². The fraction of sp³-hybridized carbons (Fsp3) is 0.500. The topological polar surface area (TPSA) is 81.9 Å². The van der Waals surface area contributed by atoms with E-state index in [9.17, 15) is 28.3 Å². The van der Waals surface area contributed by atoms with Crippen LogP contribution in [0.15, 0.2) is 29.4 Å². The molecule has 0 spiro atoms. The predicted octanol–water partition coefficient (Wildman–Crippen LogP) is 3.62. The number of rotatable bonds is 8. The van der Waals surface area contributed by atoms with Crippen LogP contribution in [0.1, 0.15) is 57.1 Å². The van der Waals surface area contributed by atoms with Crippen LogP contribution in [0.3, 0.4) is 0 Å². The summed E-state index contributed by atoms with van der Waals surface area (Å²) in [7, 11) is 0. The average molecular weight is 398 g/mol. The molecule has 0 aliphatic rings. The van der Waals surface area contributed by atoms with Crippen molar-refractivity contribution < 1.29 is 28.3 Å². The number of hydrogen-bond acceptors (Lipinski definition) is 4. The lowest BCUT2D eigenvalue weighted by Crippen LogP contribution is -2.37. The van der Waals surface area contributed by atoms with Gasteiger partial charge in [0.1, 0.15) is 5.60 Å². The first-order valence-corrected chi connectivity index (χ1v) is 9.07. The van der Waals surface area contributed by atoms with Gasteiger partial charge in [-0.1, -0.05) is 55.8 Å². The van der Waals surface area contributed by atoms with Gasteiger partial charge in [-0.3, -0.25) is 4.79 Å². The number of alkyl halides is 3. The van der Waals surface area contributed by atoms with E-state index in [1.807, 2.05) is 13.8 Å². The number of amides is 1. The van der Waals surface area contributed by atoms with Gasteiger partial charge in [-0.05, 0) is 25.0 Å². The van der Waals surface area contributed by atoms with E-state index in [1.165, 1.54) is 0 Å². The van der Waals surface area contributed by atoms with E-state index in [2.05, 4.69) is 17.0 Å². The molecule has 0 saturated heterocycles. The molecular weight excluding hydrogens is 373 g/mol. The SMILES string of the molecule is CCCC(O)(C#Cc1cccc(/C(CCNC(=O)C(F)(F)F)=N/O)c1)CCC. The standard InChI is InChI=1S/C20H25F3N2O3/c1-3-10-19(27,11-4-2)12-8-15-6-5-7-16(14-15)17(25-28)9-13-24-18(26)20(21,22)23/h5-7,14,27-28H,3-4,9-11,13H2,1-2H3,(H,24,26)/b25-17+. The van der Waals surface area contributed by atoms with Crippen molar-refractivity contribution in [3.05, 3.63) is 35.4 Å². The second-order valence-corrected chi connectivity index (χ2v) is 6.41. The summed E-state index contributed by atoms with van der Waals surface area (Å²) in [4.78, 5) is 10.8. The number of nitrogens with one attached hydrogen (secondary N) is 1. The number of carbonyl (C=O) groups is 1. The zero-order chi connectivity index (χ0) is 21.2. The third-order valence-electron chi connectivity index (χ3n) is 3.99. The lowest BCUT2D eigenvalue weighted by Gasteiger charge is -2.20. The van der Waals surface area contributed by atoms with E-state index < -0.39 is 17.7 Å². The minimum absolute atomic E-state index is 0.0925. The molecule has 3 N–H and O–H groups in total.